The van der Waals surface area contributed by atoms with Crippen molar-refractivity contribution < 1.29 is 9.13 Å². The monoisotopic (exact) mass is 364 g/mol. The Hall–Kier alpha value is -2.46. The second-order valence-electron chi connectivity index (χ2n) is 4.60. The van der Waals surface area contributed by atoms with Gasteiger partial charge in [-0.1, -0.05) is 11.8 Å². The number of nitrogen functional groups attached to an aromatic ring is 2. The normalized spacial score (nSPS) is 10.7. The highest BCUT2D eigenvalue weighted by Crippen LogP contribution is 2.22. The first-order valence-corrected chi connectivity index (χ1v) is 8.66. The van der Waals surface area contributed by atoms with Gasteiger partial charge in [-0.3, -0.25) is 0 Å². The van der Waals surface area contributed by atoms with Crippen LogP contribution in [0.4, 0.5) is 16.3 Å². The molecule has 4 N–H and O–H groups in total. The van der Waals surface area contributed by atoms with Crippen LogP contribution in [0.5, 0.6) is 5.75 Å². The average Bonchev–Trinajstić information content (AvgIpc) is 2.99. The highest BCUT2D eigenvalue weighted by Gasteiger charge is 2.07. The largest absolute Gasteiger partial charge is 0.486 e. The predicted octanol–water partition coefficient (Wildman–Crippen LogP) is 2.50. The van der Waals surface area contributed by atoms with Crippen LogP contribution in [0.1, 0.15) is 10.7 Å². The smallest absolute Gasteiger partial charge is 0.225 e. The van der Waals surface area contributed by atoms with Gasteiger partial charge in [0.2, 0.25) is 11.9 Å². The lowest BCUT2D eigenvalue weighted by Gasteiger charge is -2.03. The van der Waals surface area contributed by atoms with E-state index in [4.69, 9.17) is 16.2 Å². The van der Waals surface area contributed by atoms with Gasteiger partial charge in [-0.05, 0) is 24.3 Å². The molecule has 3 rings (SSSR count). The van der Waals surface area contributed by atoms with Crippen LogP contribution in [0.3, 0.4) is 0 Å². The Morgan fingerprint density at radius 1 is 1.04 bits per heavy atom. The highest BCUT2D eigenvalue weighted by molar-refractivity contribution is 7.98. The quantitative estimate of drug-likeness (QED) is 0.642. The zero-order chi connectivity index (χ0) is 16.9. The molecular formula is C14H13FN6OS2. The Balaban J connectivity index is 1.54. The van der Waals surface area contributed by atoms with Crippen molar-refractivity contribution in [2.24, 2.45) is 0 Å². The summed E-state index contributed by atoms with van der Waals surface area (Å²) >= 11 is 2.86. The Morgan fingerprint density at radius 3 is 2.46 bits per heavy atom. The van der Waals surface area contributed by atoms with Crippen LogP contribution < -0.4 is 16.2 Å². The minimum Gasteiger partial charge on any atom is -0.486 e. The summed E-state index contributed by atoms with van der Waals surface area (Å²) in [6.07, 6.45) is 0. The zero-order valence-electron chi connectivity index (χ0n) is 12.3. The third-order valence-electron chi connectivity index (χ3n) is 2.77. The molecule has 10 heteroatoms. The maximum absolute atomic E-state index is 12.8. The molecule has 0 saturated heterocycles. The molecule has 0 spiro atoms. The van der Waals surface area contributed by atoms with E-state index in [1.807, 2.05) is 5.38 Å². The molecule has 0 unspecified atom stereocenters. The van der Waals surface area contributed by atoms with Gasteiger partial charge in [0, 0.05) is 11.1 Å². The number of halogens is 1. The number of thioether (sulfide) groups is 1. The third-order valence-corrected chi connectivity index (χ3v) is 4.53. The van der Waals surface area contributed by atoms with Crippen molar-refractivity contribution in [3.63, 3.8) is 0 Å². The number of benzene rings is 1. The number of hydrogen-bond donors (Lipinski definition) is 2. The number of rotatable bonds is 6. The Kier molecular flexibility index (Phi) is 5.06. The van der Waals surface area contributed by atoms with E-state index >= 15 is 0 Å². The summed E-state index contributed by atoms with van der Waals surface area (Å²) in [5.74, 6) is 1.07. The van der Waals surface area contributed by atoms with Gasteiger partial charge in [0.1, 0.15) is 23.2 Å². The molecule has 24 heavy (non-hydrogen) atoms. The first kappa shape index (κ1) is 16.4. The van der Waals surface area contributed by atoms with Gasteiger partial charge in [0.15, 0.2) is 5.16 Å². The van der Waals surface area contributed by atoms with Gasteiger partial charge in [-0.15, -0.1) is 11.3 Å². The van der Waals surface area contributed by atoms with Gasteiger partial charge in [-0.2, -0.15) is 15.0 Å². The highest BCUT2D eigenvalue weighted by atomic mass is 32.2. The van der Waals surface area contributed by atoms with Crippen molar-refractivity contribution >= 4 is 35.0 Å². The molecule has 0 aliphatic carbocycles. The lowest BCUT2D eigenvalue weighted by Crippen LogP contribution is -2.03. The molecule has 0 amide bonds. The van der Waals surface area contributed by atoms with Crippen LogP contribution in [0.25, 0.3) is 0 Å². The van der Waals surface area contributed by atoms with Crippen LogP contribution in [0, 0.1) is 5.82 Å². The van der Waals surface area contributed by atoms with E-state index < -0.39 is 0 Å². The summed E-state index contributed by atoms with van der Waals surface area (Å²) in [5.41, 5.74) is 11.9. The lowest BCUT2D eigenvalue weighted by molar-refractivity contribution is 0.305. The summed E-state index contributed by atoms with van der Waals surface area (Å²) in [6, 6.07) is 5.86. The topological polar surface area (TPSA) is 113 Å². The Morgan fingerprint density at radius 2 is 1.75 bits per heavy atom. The van der Waals surface area contributed by atoms with Crippen LogP contribution in [-0.4, -0.2) is 19.9 Å². The molecule has 3 aromatic rings. The maximum Gasteiger partial charge on any atom is 0.225 e. The van der Waals surface area contributed by atoms with Crippen LogP contribution in [0.2, 0.25) is 0 Å². The second-order valence-corrected chi connectivity index (χ2v) is 6.48. The van der Waals surface area contributed by atoms with E-state index in [1.165, 1.54) is 35.2 Å². The molecule has 0 aliphatic heterocycles. The van der Waals surface area contributed by atoms with Crippen molar-refractivity contribution in [1.82, 2.24) is 19.9 Å². The van der Waals surface area contributed by atoms with Crippen molar-refractivity contribution in [3.8, 4) is 5.75 Å². The third kappa shape index (κ3) is 4.52. The van der Waals surface area contributed by atoms with E-state index in [0.29, 0.717) is 23.3 Å². The summed E-state index contributed by atoms with van der Waals surface area (Å²) in [7, 11) is 0. The van der Waals surface area contributed by atoms with Crippen LogP contribution in [0.15, 0.2) is 34.8 Å². The molecule has 1 aromatic carbocycles. The molecule has 124 valence electrons. The van der Waals surface area contributed by atoms with Gasteiger partial charge in [0.25, 0.3) is 0 Å². The van der Waals surface area contributed by atoms with Crippen molar-refractivity contribution in [2.45, 2.75) is 17.5 Å². The van der Waals surface area contributed by atoms with E-state index in [2.05, 4.69) is 19.9 Å². The summed E-state index contributed by atoms with van der Waals surface area (Å²) in [4.78, 5) is 16.2. The van der Waals surface area contributed by atoms with Gasteiger partial charge < -0.3 is 16.2 Å². The fourth-order valence-corrected chi connectivity index (χ4v) is 3.30. The number of ether oxygens (including phenoxy) is 1. The molecule has 0 aliphatic rings. The van der Waals surface area contributed by atoms with E-state index in [0.717, 1.165) is 10.7 Å². The molecular weight excluding hydrogens is 351 g/mol. The number of nitrogens with two attached hydrogens (primary N) is 2. The molecule has 0 fully saturated rings. The van der Waals surface area contributed by atoms with E-state index in [9.17, 15) is 4.39 Å². The number of anilines is 2. The lowest BCUT2D eigenvalue weighted by atomic mass is 10.3. The predicted molar refractivity (Wildman–Crippen MR) is 91.1 cm³/mol. The summed E-state index contributed by atoms with van der Waals surface area (Å²) in [6.45, 7) is 0.326. The van der Waals surface area contributed by atoms with Gasteiger partial charge >= 0.3 is 0 Å². The Bertz CT molecular complexity index is 806. The summed E-state index contributed by atoms with van der Waals surface area (Å²) < 4.78 is 18.4. The minimum atomic E-state index is -0.296. The maximum atomic E-state index is 12.8. The fraction of sp³-hybridized carbons (Fsp3) is 0.143. The molecule has 2 heterocycles. The number of hydrogen-bond acceptors (Lipinski definition) is 9. The average molecular weight is 364 g/mol. The van der Waals surface area contributed by atoms with Crippen molar-refractivity contribution in [1.29, 1.82) is 0 Å². The van der Waals surface area contributed by atoms with Crippen molar-refractivity contribution in [2.75, 3.05) is 11.5 Å². The van der Waals surface area contributed by atoms with E-state index in [1.54, 1.807) is 12.1 Å². The molecule has 0 atom stereocenters. The Labute approximate surface area is 145 Å². The number of thiazole rings is 1. The standard InChI is InChI=1S/C14H13FN6OS2/c15-8-1-3-10(4-2-8)22-5-11-18-9(6-23-11)7-24-14-20-12(16)19-13(17)21-14/h1-4,6H,5,7H2,(H4,16,17,19,20,21). The second kappa shape index (κ2) is 7.41. The molecule has 7 nitrogen and oxygen atoms in total. The number of nitrogens with zero attached hydrogens (tertiary/aromatic N) is 4. The minimum absolute atomic E-state index is 0.0941. The molecule has 0 bridgehead atoms. The molecule has 0 radical (unpaired) electrons. The number of aromatic nitrogens is 4. The van der Waals surface area contributed by atoms with Crippen molar-refractivity contribution in [3.05, 3.63) is 46.2 Å². The fourth-order valence-electron chi connectivity index (χ4n) is 1.75. The summed E-state index contributed by atoms with van der Waals surface area (Å²) in [5, 5.41) is 3.21. The molecule has 2 aromatic heterocycles. The van der Waals surface area contributed by atoms with Crippen LogP contribution in [-0.2, 0) is 12.4 Å². The first-order chi connectivity index (χ1) is 11.6. The zero-order valence-corrected chi connectivity index (χ0v) is 14.0. The SMILES string of the molecule is Nc1nc(N)nc(SCc2csc(COc3ccc(F)cc3)n2)n1. The first-order valence-electron chi connectivity index (χ1n) is 6.80. The van der Waals surface area contributed by atoms with Gasteiger partial charge in [-0.25, -0.2) is 9.37 Å². The van der Waals surface area contributed by atoms with E-state index in [-0.39, 0.29) is 17.7 Å². The van der Waals surface area contributed by atoms with Crippen LogP contribution >= 0.6 is 23.1 Å². The molecule has 0 saturated carbocycles. The van der Waals surface area contributed by atoms with Gasteiger partial charge in [0.05, 0.1) is 5.69 Å².